The summed E-state index contributed by atoms with van der Waals surface area (Å²) in [5, 5.41) is 12.0. The third-order valence-corrected chi connectivity index (χ3v) is 4.29. The summed E-state index contributed by atoms with van der Waals surface area (Å²) >= 11 is 0. The van der Waals surface area contributed by atoms with Gasteiger partial charge in [0.25, 0.3) is 0 Å². The average molecular weight is 324 g/mol. The number of amidine groups is 1. The number of nitrogens with two attached hydrogens (primary N) is 1. The molecular formula is C19H24N4O. The lowest BCUT2D eigenvalue weighted by atomic mass is 10.0. The SMILES string of the molecule is Cc1ccc(C#CC2CC2)cc1/C(N)=N/N=NCC1CCCCO1. The quantitative estimate of drug-likeness (QED) is 0.303. The Balaban J connectivity index is 1.63. The van der Waals surface area contributed by atoms with Gasteiger partial charge in [-0.3, -0.25) is 0 Å². The van der Waals surface area contributed by atoms with Crippen LogP contribution < -0.4 is 5.73 Å². The summed E-state index contributed by atoms with van der Waals surface area (Å²) in [6.07, 6.45) is 5.99. The molecule has 1 heterocycles. The molecule has 0 aromatic heterocycles. The number of hydrogen-bond donors (Lipinski definition) is 1. The van der Waals surface area contributed by atoms with E-state index in [2.05, 4.69) is 27.3 Å². The van der Waals surface area contributed by atoms with Crippen molar-refractivity contribution in [2.45, 2.75) is 45.1 Å². The number of nitrogens with zero attached hydrogens (tertiary/aromatic N) is 3. The van der Waals surface area contributed by atoms with Crippen LogP contribution in [0.25, 0.3) is 0 Å². The van der Waals surface area contributed by atoms with Gasteiger partial charge >= 0.3 is 0 Å². The number of rotatable bonds is 4. The Bertz CT molecular complexity index is 689. The van der Waals surface area contributed by atoms with Crippen molar-refractivity contribution in [3.8, 4) is 11.8 Å². The van der Waals surface area contributed by atoms with Gasteiger partial charge in [-0.15, -0.1) is 5.10 Å². The fraction of sp³-hybridized carbons (Fsp3) is 0.526. The Hall–Kier alpha value is -2.19. The van der Waals surface area contributed by atoms with Crippen LogP contribution in [0.15, 0.2) is 33.6 Å². The first-order chi connectivity index (χ1) is 11.7. The first-order valence-corrected chi connectivity index (χ1v) is 8.66. The minimum atomic E-state index is 0.168. The van der Waals surface area contributed by atoms with E-state index in [1.165, 1.54) is 19.3 Å². The predicted octanol–water partition coefficient (Wildman–Crippen LogP) is 3.40. The van der Waals surface area contributed by atoms with Crippen LogP contribution in [0.4, 0.5) is 0 Å². The van der Waals surface area contributed by atoms with E-state index in [1.54, 1.807) is 0 Å². The molecule has 2 aliphatic rings. The highest BCUT2D eigenvalue weighted by molar-refractivity contribution is 5.98. The van der Waals surface area contributed by atoms with Gasteiger partial charge < -0.3 is 10.5 Å². The first-order valence-electron chi connectivity index (χ1n) is 8.66. The van der Waals surface area contributed by atoms with Crippen LogP contribution in [0.2, 0.25) is 0 Å². The molecule has 1 atom stereocenters. The van der Waals surface area contributed by atoms with Crippen LogP contribution in [0.5, 0.6) is 0 Å². The van der Waals surface area contributed by atoms with E-state index in [0.717, 1.165) is 36.1 Å². The maximum absolute atomic E-state index is 6.07. The normalized spacial score (nSPS) is 21.5. The van der Waals surface area contributed by atoms with E-state index in [1.807, 2.05) is 25.1 Å². The third kappa shape index (κ3) is 4.90. The van der Waals surface area contributed by atoms with Crippen LogP contribution in [0.1, 0.15) is 48.8 Å². The smallest absolute Gasteiger partial charge is 0.155 e. The molecule has 3 rings (SSSR count). The van der Waals surface area contributed by atoms with Gasteiger partial charge in [-0.05, 0) is 61.9 Å². The fourth-order valence-electron chi connectivity index (χ4n) is 2.60. The van der Waals surface area contributed by atoms with E-state index in [4.69, 9.17) is 10.5 Å². The topological polar surface area (TPSA) is 72.3 Å². The van der Waals surface area contributed by atoms with Crippen molar-refractivity contribution < 1.29 is 4.74 Å². The average Bonchev–Trinajstić information content (AvgIpc) is 3.43. The van der Waals surface area contributed by atoms with Crippen molar-refractivity contribution >= 4 is 5.84 Å². The molecule has 1 aromatic carbocycles. The predicted molar refractivity (Wildman–Crippen MR) is 94.8 cm³/mol. The summed E-state index contributed by atoms with van der Waals surface area (Å²) < 4.78 is 5.61. The molecule has 0 radical (unpaired) electrons. The summed E-state index contributed by atoms with van der Waals surface area (Å²) in [6, 6.07) is 6.01. The van der Waals surface area contributed by atoms with Gasteiger partial charge in [-0.1, -0.05) is 17.9 Å². The van der Waals surface area contributed by atoms with E-state index in [9.17, 15) is 0 Å². The second kappa shape index (κ2) is 8.07. The lowest BCUT2D eigenvalue weighted by molar-refractivity contribution is 0.0216. The van der Waals surface area contributed by atoms with E-state index >= 15 is 0 Å². The molecule has 1 saturated carbocycles. The molecule has 0 bridgehead atoms. The van der Waals surface area contributed by atoms with E-state index < -0.39 is 0 Å². The minimum Gasteiger partial charge on any atom is -0.382 e. The van der Waals surface area contributed by atoms with Gasteiger partial charge in [0, 0.05) is 23.7 Å². The van der Waals surface area contributed by atoms with Gasteiger partial charge in [0.2, 0.25) is 0 Å². The van der Waals surface area contributed by atoms with Crippen LogP contribution in [-0.2, 0) is 4.74 Å². The zero-order valence-corrected chi connectivity index (χ0v) is 14.2. The molecule has 0 spiro atoms. The molecule has 24 heavy (non-hydrogen) atoms. The fourth-order valence-corrected chi connectivity index (χ4v) is 2.60. The summed E-state index contributed by atoms with van der Waals surface area (Å²) in [5.74, 6) is 7.42. The monoisotopic (exact) mass is 324 g/mol. The molecular weight excluding hydrogens is 300 g/mol. The lowest BCUT2D eigenvalue weighted by Crippen LogP contribution is -2.21. The summed E-state index contributed by atoms with van der Waals surface area (Å²) in [5.41, 5.74) is 8.96. The Labute approximate surface area is 143 Å². The number of ether oxygens (including phenoxy) is 1. The Morgan fingerprint density at radius 1 is 1.29 bits per heavy atom. The molecule has 0 amide bonds. The first kappa shape index (κ1) is 16.7. The zero-order valence-electron chi connectivity index (χ0n) is 14.2. The molecule has 1 aliphatic carbocycles. The summed E-state index contributed by atoms with van der Waals surface area (Å²) in [6.45, 7) is 3.37. The van der Waals surface area contributed by atoms with Crippen LogP contribution in [0.3, 0.4) is 0 Å². The minimum absolute atomic E-state index is 0.168. The second-order valence-electron chi connectivity index (χ2n) is 6.46. The molecule has 1 saturated heterocycles. The van der Waals surface area contributed by atoms with Crippen LogP contribution in [-0.4, -0.2) is 25.1 Å². The highest BCUT2D eigenvalue weighted by Gasteiger charge is 2.17. The van der Waals surface area contributed by atoms with Crippen molar-refractivity contribution in [2.75, 3.05) is 13.2 Å². The molecule has 1 aliphatic heterocycles. The molecule has 5 nitrogen and oxygen atoms in total. The van der Waals surface area contributed by atoms with Crippen LogP contribution in [0, 0.1) is 24.7 Å². The summed E-state index contributed by atoms with van der Waals surface area (Å²) in [4.78, 5) is 0. The van der Waals surface area contributed by atoms with Crippen molar-refractivity contribution in [2.24, 2.45) is 27.1 Å². The number of aryl methyl sites for hydroxylation is 1. The van der Waals surface area contributed by atoms with Crippen molar-refractivity contribution in [1.82, 2.24) is 0 Å². The third-order valence-electron chi connectivity index (χ3n) is 4.29. The maximum Gasteiger partial charge on any atom is 0.155 e. The number of hydrogen-bond acceptors (Lipinski definition) is 3. The van der Waals surface area contributed by atoms with Crippen molar-refractivity contribution in [3.05, 3.63) is 34.9 Å². The Kier molecular flexibility index (Phi) is 5.60. The van der Waals surface area contributed by atoms with E-state index in [-0.39, 0.29) is 6.10 Å². The van der Waals surface area contributed by atoms with Crippen molar-refractivity contribution in [1.29, 1.82) is 0 Å². The van der Waals surface area contributed by atoms with Gasteiger partial charge in [0.1, 0.15) is 0 Å². The largest absolute Gasteiger partial charge is 0.382 e. The number of benzene rings is 1. The van der Waals surface area contributed by atoms with Gasteiger partial charge in [-0.25, -0.2) is 0 Å². The molecule has 126 valence electrons. The standard InChI is InChI=1S/C19H24N4O/c1-14-5-6-16(10-9-15-7-8-15)12-18(14)19(20)22-23-21-13-17-4-2-3-11-24-17/h5-6,12,15,17H,2-4,7-8,11,13H2,1H3,(H2,20,21,22). The zero-order chi connectivity index (χ0) is 16.8. The van der Waals surface area contributed by atoms with Crippen molar-refractivity contribution in [3.63, 3.8) is 0 Å². The lowest BCUT2D eigenvalue weighted by Gasteiger charge is -2.19. The van der Waals surface area contributed by atoms with Gasteiger partial charge in [0.15, 0.2) is 5.84 Å². The Morgan fingerprint density at radius 3 is 2.92 bits per heavy atom. The molecule has 1 aromatic rings. The molecule has 2 N–H and O–H groups in total. The van der Waals surface area contributed by atoms with Gasteiger partial charge in [0.05, 0.1) is 12.6 Å². The molecule has 5 heteroatoms. The molecule has 1 unspecified atom stereocenters. The maximum atomic E-state index is 6.07. The second-order valence-corrected chi connectivity index (χ2v) is 6.46. The van der Waals surface area contributed by atoms with E-state index in [0.29, 0.717) is 18.3 Å². The van der Waals surface area contributed by atoms with Crippen LogP contribution >= 0.6 is 0 Å². The summed E-state index contributed by atoms with van der Waals surface area (Å²) in [7, 11) is 0. The highest BCUT2D eigenvalue weighted by atomic mass is 16.5. The van der Waals surface area contributed by atoms with Gasteiger partial charge in [-0.2, -0.15) is 5.11 Å². The Morgan fingerprint density at radius 2 is 2.17 bits per heavy atom. The highest BCUT2D eigenvalue weighted by Crippen LogP contribution is 2.27. The molecule has 2 fully saturated rings.